The Labute approximate surface area is 99.4 Å². The van der Waals surface area contributed by atoms with Gasteiger partial charge >= 0.3 is 0 Å². The first kappa shape index (κ1) is 12.3. The van der Waals surface area contributed by atoms with Crippen molar-refractivity contribution in [1.82, 2.24) is 5.32 Å². The summed E-state index contributed by atoms with van der Waals surface area (Å²) in [6, 6.07) is 6.33. The number of hydrogen-bond acceptors (Lipinski definition) is 2. The minimum absolute atomic E-state index is 0.132. The highest BCUT2D eigenvalue weighted by molar-refractivity contribution is 9.10. The van der Waals surface area contributed by atoms with E-state index in [1.807, 2.05) is 6.07 Å². The van der Waals surface area contributed by atoms with Crippen LogP contribution in [0.2, 0.25) is 0 Å². The number of terminal acetylenes is 1. The van der Waals surface area contributed by atoms with Crippen LogP contribution >= 0.6 is 15.9 Å². The summed E-state index contributed by atoms with van der Waals surface area (Å²) in [4.78, 5) is 0. The van der Waals surface area contributed by atoms with E-state index in [1.165, 1.54) is 11.1 Å². The molecule has 3 N–H and O–H groups in total. The van der Waals surface area contributed by atoms with E-state index < -0.39 is 0 Å². The van der Waals surface area contributed by atoms with Gasteiger partial charge in [0.2, 0.25) is 0 Å². The highest BCUT2D eigenvalue weighted by Crippen LogP contribution is 2.20. The van der Waals surface area contributed by atoms with Gasteiger partial charge in [-0.25, -0.2) is 0 Å². The molecule has 1 aromatic carbocycles. The Morgan fingerprint density at radius 1 is 1.60 bits per heavy atom. The second-order valence-electron chi connectivity index (χ2n) is 3.38. The maximum atomic E-state index is 5.69. The quantitative estimate of drug-likeness (QED) is 0.819. The van der Waals surface area contributed by atoms with Crippen molar-refractivity contribution in [2.24, 2.45) is 5.73 Å². The maximum absolute atomic E-state index is 5.69. The molecule has 0 saturated carbocycles. The van der Waals surface area contributed by atoms with Gasteiger partial charge < -0.3 is 5.73 Å². The Hall–Kier alpha value is -0.820. The van der Waals surface area contributed by atoms with E-state index in [2.05, 4.69) is 46.2 Å². The zero-order chi connectivity index (χ0) is 11.3. The van der Waals surface area contributed by atoms with Gasteiger partial charge in [-0.15, -0.1) is 6.42 Å². The fraction of sp³-hybridized carbons (Fsp3) is 0.333. The van der Waals surface area contributed by atoms with Crippen LogP contribution in [-0.2, 0) is 0 Å². The third-order valence-corrected chi connectivity index (χ3v) is 3.16. The zero-order valence-corrected chi connectivity index (χ0v) is 10.3. The fourth-order valence-electron chi connectivity index (χ4n) is 1.40. The number of halogens is 1. The molecule has 0 saturated heterocycles. The molecule has 0 amide bonds. The predicted molar refractivity (Wildman–Crippen MR) is 67.5 cm³/mol. The van der Waals surface area contributed by atoms with E-state index in [-0.39, 0.29) is 6.04 Å². The molecule has 0 heterocycles. The van der Waals surface area contributed by atoms with E-state index in [0.29, 0.717) is 13.1 Å². The van der Waals surface area contributed by atoms with Gasteiger partial charge in [-0.2, -0.15) is 0 Å². The molecule has 1 aromatic rings. The summed E-state index contributed by atoms with van der Waals surface area (Å²) in [5.41, 5.74) is 8.07. The van der Waals surface area contributed by atoms with Crippen LogP contribution in [0.3, 0.4) is 0 Å². The van der Waals surface area contributed by atoms with Crippen LogP contribution < -0.4 is 11.1 Å². The van der Waals surface area contributed by atoms with Gasteiger partial charge in [0.05, 0.1) is 6.54 Å². The predicted octanol–water partition coefficient (Wildman–Crippen LogP) is 1.98. The lowest BCUT2D eigenvalue weighted by Gasteiger charge is -2.16. The SMILES string of the molecule is C#CCNC(CN)c1ccc(Br)c(C)c1. The summed E-state index contributed by atoms with van der Waals surface area (Å²) in [6.07, 6.45) is 5.20. The minimum Gasteiger partial charge on any atom is -0.329 e. The standard InChI is InChI=1S/C12H15BrN2/c1-3-6-15-12(8-14)10-4-5-11(13)9(2)7-10/h1,4-5,7,12,15H,6,8,14H2,2H3. The lowest BCUT2D eigenvalue weighted by molar-refractivity contribution is 0.582. The summed E-state index contributed by atoms with van der Waals surface area (Å²) < 4.78 is 1.11. The lowest BCUT2D eigenvalue weighted by Crippen LogP contribution is -2.28. The van der Waals surface area contributed by atoms with Gasteiger partial charge in [-0.05, 0) is 24.1 Å². The number of rotatable bonds is 4. The van der Waals surface area contributed by atoms with E-state index in [0.717, 1.165) is 4.47 Å². The van der Waals surface area contributed by atoms with Crippen molar-refractivity contribution in [2.45, 2.75) is 13.0 Å². The van der Waals surface area contributed by atoms with Crippen molar-refractivity contribution in [3.63, 3.8) is 0 Å². The molecule has 1 rings (SSSR count). The summed E-state index contributed by atoms with van der Waals surface area (Å²) in [5, 5.41) is 3.21. The van der Waals surface area contributed by atoms with Gasteiger partial charge in [-0.3, -0.25) is 5.32 Å². The third kappa shape index (κ3) is 3.35. The summed E-state index contributed by atoms with van der Waals surface area (Å²) in [5.74, 6) is 2.55. The van der Waals surface area contributed by atoms with E-state index in [1.54, 1.807) is 0 Å². The average Bonchev–Trinajstić information content (AvgIpc) is 2.24. The van der Waals surface area contributed by atoms with Crippen molar-refractivity contribution >= 4 is 15.9 Å². The van der Waals surface area contributed by atoms with Crippen LogP contribution in [0.25, 0.3) is 0 Å². The Morgan fingerprint density at radius 2 is 2.33 bits per heavy atom. The summed E-state index contributed by atoms with van der Waals surface area (Å²) in [6.45, 7) is 3.14. The van der Waals surface area contributed by atoms with E-state index in [4.69, 9.17) is 12.2 Å². The monoisotopic (exact) mass is 266 g/mol. The fourth-order valence-corrected chi connectivity index (χ4v) is 1.65. The van der Waals surface area contributed by atoms with Crippen molar-refractivity contribution in [3.8, 4) is 12.3 Å². The van der Waals surface area contributed by atoms with Crippen LogP contribution in [-0.4, -0.2) is 13.1 Å². The molecule has 0 aliphatic rings. The number of benzene rings is 1. The second-order valence-corrected chi connectivity index (χ2v) is 4.24. The molecule has 1 unspecified atom stereocenters. The van der Waals surface area contributed by atoms with Gasteiger partial charge in [0.25, 0.3) is 0 Å². The Balaban J connectivity index is 2.83. The number of nitrogens with one attached hydrogen (secondary N) is 1. The number of nitrogens with two attached hydrogens (primary N) is 1. The highest BCUT2D eigenvalue weighted by atomic mass is 79.9. The highest BCUT2D eigenvalue weighted by Gasteiger charge is 2.08. The van der Waals surface area contributed by atoms with Gasteiger partial charge in [0, 0.05) is 17.1 Å². The number of hydrogen-bond donors (Lipinski definition) is 2. The second kappa shape index (κ2) is 5.92. The molecule has 2 nitrogen and oxygen atoms in total. The first-order valence-electron chi connectivity index (χ1n) is 4.82. The van der Waals surface area contributed by atoms with Gasteiger partial charge in [0.1, 0.15) is 0 Å². The van der Waals surface area contributed by atoms with Crippen LogP contribution in [0.15, 0.2) is 22.7 Å². The van der Waals surface area contributed by atoms with E-state index >= 15 is 0 Å². The van der Waals surface area contributed by atoms with Crippen LogP contribution in [0.4, 0.5) is 0 Å². The lowest BCUT2D eigenvalue weighted by atomic mass is 10.0. The Kier molecular flexibility index (Phi) is 4.83. The Morgan fingerprint density at radius 3 is 2.87 bits per heavy atom. The average molecular weight is 267 g/mol. The van der Waals surface area contributed by atoms with Crippen molar-refractivity contribution < 1.29 is 0 Å². The van der Waals surface area contributed by atoms with Crippen LogP contribution in [0, 0.1) is 19.3 Å². The molecular weight excluding hydrogens is 252 g/mol. The smallest absolute Gasteiger partial charge is 0.0578 e. The van der Waals surface area contributed by atoms with Crippen molar-refractivity contribution in [1.29, 1.82) is 0 Å². The summed E-state index contributed by atoms with van der Waals surface area (Å²) in [7, 11) is 0. The molecule has 80 valence electrons. The Bertz CT molecular complexity index is 368. The zero-order valence-electron chi connectivity index (χ0n) is 8.76. The van der Waals surface area contributed by atoms with E-state index in [9.17, 15) is 0 Å². The third-order valence-electron chi connectivity index (χ3n) is 2.27. The molecule has 0 aliphatic carbocycles. The maximum Gasteiger partial charge on any atom is 0.0578 e. The largest absolute Gasteiger partial charge is 0.329 e. The molecule has 0 spiro atoms. The first-order valence-corrected chi connectivity index (χ1v) is 5.61. The van der Waals surface area contributed by atoms with Crippen molar-refractivity contribution in [3.05, 3.63) is 33.8 Å². The minimum atomic E-state index is 0.132. The molecule has 1 atom stereocenters. The summed E-state index contributed by atoms with van der Waals surface area (Å²) >= 11 is 3.47. The normalized spacial score (nSPS) is 12.1. The van der Waals surface area contributed by atoms with Gasteiger partial charge in [0.15, 0.2) is 0 Å². The molecule has 3 heteroatoms. The molecular formula is C12H15BrN2. The molecule has 0 fully saturated rings. The van der Waals surface area contributed by atoms with Crippen LogP contribution in [0.5, 0.6) is 0 Å². The van der Waals surface area contributed by atoms with Crippen molar-refractivity contribution in [2.75, 3.05) is 13.1 Å². The molecule has 0 bridgehead atoms. The molecule has 0 aliphatic heterocycles. The number of aryl methyl sites for hydroxylation is 1. The molecule has 0 aromatic heterocycles. The first-order chi connectivity index (χ1) is 7.19. The molecule has 15 heavy (non-hydrogen) atoms. The van der Waals surface area contributed by atoms with Gasteiger partial charge in [-0.1, -0.05) is 34.0 Å². The van der Waals surface area contributed by atoms with Crippen LogP contribution in [0.1, 0.15) is 17.2 Å². The topological polar surface area (TPSA) is 38.0 Å². The molecule has 0 radical (unpaired) electrons.